The predicted octanol–water partition coefficient (Wildman–Crippen LogP) is 2.68. The minimum atomic E-state index is -1.04. The van der Waals surface area contributed by atoms with E-state index in [4.69, 9.17) is 15.1 Å². The van der Waals surface area contributed by atoms with Crippen LogP contribution < -0.4 is 16.5 Å². The summed E-state index contributed by atoms with van der Waals surface area (Å²) in [6.07, 6.45) is 4.02. The van der Waals surface area contributed by atoms with E-state index in [1.165, 1.54) is 0 Å². The van der Waals surface area contributed by atoms with Crippen LogP contribution in [0.4, 0.5) is 5.69 Å². The molecule has 1 aromatic rings. The number of ether oxygens (including phenoxy) is 1. The molecule has 8 nitrogen and oxygen atoms in total. The Labute approximate surface area is 231 Å². The van der Waals surface area contributed by atoms with Crippen molar-refractivity contribution in [3.63, 3.8) is 0 Å². The SMILES string of the molecule is C=C[C@]1(C)C[C@@H](OC(=O)CNc2ccc3c(c2CN)B(O)OC3)[C@@]2(C)[C@@H]3C(=O)CC[C@@]3(CC[C@@H]2C)[C@@H](C)[C@@H]1O. The fourth-order valence-corrected chi connectivity index (χ4v) is 8.65. The summed E-state index contributed by atoms with van der Waals surface area (Å²) in [5.74, 6) is -0.376. The lowest BCUT2D eigenvalue weighted by molar-refractivity contribution is -0.205. The second-order valence-electron chi connectivity index (χ2n) is 12.9. The van der Waals surface area contributed by atoms with Crippen molar-refractivity contribution in [1.29, 1.82) is 0 Å². The fourth-order valence-electron chi connectivity index (χ4n) is 8.65. The van der Waals surface area contributed by atoms with Gasteiger partial charge >= 0.3 is 13.1 Å². The number of esters is 1. The number of carbonyl (C=O) groups is 2. The third kappa shape index (κ3) is 4.19. The molecule has 0 radical (unpaired) electrons. The summed E-state index contributed by atoms with van der Waals surface area (Å²) >= 11 is 0. The molecule has 9 heteroatoms. The number of fused-ring (bicyclic) bond motifs is 1. The number of nitrogens with two attached hydrogens (primary N) is 1. The number of aliphatic hydroxyl groups excluding tert-OH is 1. The standard InChI is InChI=1S/C30H43BN2O6/c1-6-28(4)13-23(29(5)17(2)9-11-30(18(3)27(28)36)12-10-22(34)26(29)30)39-24(35)15-33-21-8-7-19-16-38-31(37)25(19)20(21)14-32/h6-8,17-18,23,26-27,33,36-37H,1,9-16,32H2,2-5H3/t17-,18-,23+,26-,27-,28+,29-,30-/m0/s1. The number of nitrogens with one attached hydrogen (secondary N) is 1. The Balaban J connectivity index is 1.45. The van der Waals surface area contributed by atoms with Gasteiger partial charge in [0.1, 0.15) is 18.4 Å². The Bertz CT molecular complexity index is 1180. The van der Waals surface area contributed by atoms with Crippen LogP contribution in [0, 0.1) is 34.0 Å². The number of Topliss-reactive ketones (excluding diaryl/α,β-unsaturated/α-hetero) is 1. The summed E-state index contributed by atoms with van der Waals surface area (Å²) < 4.78 is 11.7. The largest absolute Gasteiger partial charge is 0.492 e. The molecule has 0 amide bonds. The molecule has 5 N–H and O–H groups in total. The van der Waals surface area contributed by atoms with E-state index < -0.39 is 36.1 Å². The number of rotatable bonds is 6. The van der Waals surface area contributed by atoms with E-state index in [1.807, 2.05) is 19.1 Å². The zero-order chi connectivity index (χ0) is 28.3. The molecule has 0 saturated heterocycles. The highest BCUT2D eigenvalue weighted by Gasteiger charge is 2.68. The summed E-state index contributed by atoms with van der Waals surface area (Å²) in [6, 6.07) is 3.70. The van der Waals surface area contributed by atoms with Crippen molar-refractivity contribution >= 4 is 30.0 Å². The van der Waals surface area contributed by atoms with E-state index in [9.17, 15) is 19.7 Å². The molecular weight excluding hydrogens is 495 g/mol. The van der Waals surface area contributed by atoms with E-state index >= 15 is 0 Å². The van der Waals surface area contributed by atoms with Gasteiger partial charge in [0.2, 0.25) is 0 Å². The highest BCUT2D eigenvalue weighted by Crippen LogP contribution is 2.68. The van der Waals surface area contributed by atoms with Crippen molar-refractivity contribution in [2.75, 3.05) is 11.9 Å². The van der Waals surface area contributed by atoms with Gasteiger partial charge < -0.3 is 30.6 Å². The third-order valence-electron chi connectivity index (χ3n) is 11.3. The molecule has 0 spiro atoms. The first-order valence-corrected chi connectivity index (χ1v) is 14.3. The van der Waals surface area contributed by atoms with E-state index in [0.29, 0.717) is 36.2 Å². The van der Waals surface area contributed by atoms with Crippen molar-refractivity contribution in [1.82, 2.24) is 0 Å². The molecular formula is C30H43BN2O6. The number of anilines is 1. The van der Waals surface area contributed by atoms with Crippen LogP contribution in [0.3, 0.4) is 0 Å². The zero-order valence-corrected chi connectivity index (χ0v) is 23.7. The smallest absolute Gasteiger partial charge is 0.460 e. The number of ketones is 1. The van der Waals surface area contributed by atoms with Gasteiger partial charge in [0.15, 0.2) is 0 Å². The minimum absolute atomic E-state index is 0.0732. The number of hydrogen-bond donors (Lipinski definition) is 4. The van der Waals surface area contributed by atoms with Gasteiger partial charge in [0.25, 0.3) is 0 Å². The first kappa shape index (κ1) is 28.3. The average molecular weight is 538 g/mol. The number of hydrogen-bond acceptors (Lipinski definition) is 8. The van der Waals surface area contributed by atoms with Gasteiger partial charge in [-0.3, -0.25) is 9.59 Å². The van der Waals surface area contributed by atoms with Gasteiger partial charge in [-0.2, -0.15) is 0 Å². The van der Waals surface area contributed by atoms with Crippen LogP contribution in [-0.2, 0) is 32.1 Å². The first-order valence-electron chi connectivity index (χ1n) is 14.3. The maximum Gasteiger partial charge on any atom is 0.492 e. The Hall–Kier alpha value is -2.20. The summed E-state index contributed by atoms with van der Waals surface area (Å²) in [4.78, 5) is 27.0. The molecule has 2 bridgehead atoms. The van der Waals surface area contributed by atoms with Crippen LogP contribution in [0.2, 0.25) is 0 Å². The molecule has 39 heavy (non-hydrogen) atoms. The molecule has 0 aromatic heterocycles. The number of aliphatic hydroxyl groups is 1. The van der Waals surface area contributed by atoms with E-state index in [1.54, 1.807) is 6.08 Å². The maximum absolute atomic E-state index is 13.6. The molecule has 1 aromatic carbocycles. The molecule has 8 atom stereocenters. The van der Waals surface area contributed by atoms with Crippen molar-refractivity contribution in [3.8, 4) is 0 Å². The molecule has 4 aliphatic rings. The van der Waals surface area contributed by atoms with Gasteiger partial charge in [-0.05, 0) is 65.6 Å². The van der Waals surface area contributed by atoms with Gasteiger partial charge in [-0.1, -0.05) is 39.8 Å². The zero-order valence-electron chi connectivity index (χ0n) is 23.7. The molecule has 5 rings (SSSR count). The molecule has 1 heterocycles. The van der Waals surface area contributed by atoms with Crippen LogP contribution in [0.15, 0.2) is 24.8 Å². The molecule has 0 unspecified atom stereocenters. The second-order valence-corrected chi connectivity index (χ2v) is 12.9. The molecule has 212 valence electrons. The Morgan fingerprint density at radius 1 is 1.33 bits per heavy atom. The monoisotopic (exact) mass is 538 g/mol. The third-order valence-corrected chi connectivity index (χ3v) is 11.3. The minimum Gasteiger partial charge on any atom is -0.460 e. The average Bonchev–Trinajstić information content (AvgIpc) is 3.48. The normalized spacial score (nSPS) is 39.4. The Kier molecular flexibility index (Phi) is 7.28. The van der Waals surface area contributed by atoms with Gasteiger partial charge in [0, 0.05) is 35.4 Å². The quantitative estimate of drug-likeness (QED) is 0.247. The van der Waals surface area contributed by atoms with Crippen LogP contribution in [0.5, 0.6) is 0 Å². The summed E-state index contributed by atoms with van der Waals surface area (Å²) in [6.45, 7) is 12.9. The van der Waals surface area contributed by atoms with Crippen LogP contribution in [0.1, 0.15) is 70.9 Å². The Morgan fingerprint density at radius 3 is 2.77 bits per heavy atom. The van der Waals surface area contributed by atoms with Crippen molar-refractivity contribution in [2.24, 2.45) is 39.7 Å². The van der Waals surface area contributed by atoms with Crippen LogP contribution in [-0.4, -0.2) is 47.8 Å². The topological polar surface area (TPSA) is 131 Å². The van der Waals surface area contributed by atoms with E-state index in [0.717, 1.165) is 24.8 Å². The lowest BCUT2D eigenvalue weighted by Crippen LogP contribution is -2.63. The lowest BCUT2D eigenvalue weighted by atomic mass is 9.44. The van der Waals surface area contributed by atoms with Crippen LogP contribution in [0.25, 0.3) is 0 Å². The summed E-state index contributed by atoms with van der Waals surface area (Å²) in [5.41, 5.74) is 7.35. The number of benzene rings is 1. The summed E-state index contributed by atoms with van der Waals surface area (Å²) in [5, 5.41) is 25.1. The van der Waals surface area contributed by atoms with Crippen LogP contribution >= 0.6 is 0 Å². The molecule has 3 saturated carbocycles. The predicted molar refractivity (Wildman–Crippen MR) is 150 cm³/mol. The molecule has 3 aliphatic carbocycles. The first-order chi connectivity index (χ1) is 18.4. The van der Waals surface area contributed by atoms with Crippen molar-refractivity contribution in [3.05, 3.63) is 35.9 Å². The number of carbonyl (C=O) groups excluding carboxylic acids is 2. The van der Waals surface area contributed by atoms with Gasteiger partial charge in [-0.15, -0.1) is 6.58 Å². The summed E-state index contributed by atoms with van der Waals surface area (Å²) in [7, 11) is -1.04. The Morgan fingerprint density at radius 2 is 2.08 bits per heavy atom. The van der Waals surface area contributed by atoms with Gasteiger partial charge in [0.05, 0.1) is 12.7 Å². The van der Waals surface area contributed by atoms with E-state index in [-0.39, 0.29) is 42.0 Å². The lowest BCUT2D eigenvalue weighted by Gasteiger charge is -2.61. The fraction of sp³-hybridized carbons (Fsp3) is 0.667. The second kappa shape index (κ2) is 10.0. The highest BCUT2D eigenvalue weighted by molar-refractivity contribution is 6.62. The van der Waals surface area contributed by atoms with Crippen molar-refractivity contribution in [2.45, 2.75) is 85.2 Å². The highest BCUT2D eigenvalue weighted by atomic mass is 16.5. The van der Waals surface area contributed by atoms with Crippen molar-refractivity contribution < 1.29 is 29.1 Å². The van der Waals surface area contributed by atoms with E-state index in [2.05, 4.69) is 32.7 Å². The molecule has 3 fully saturated rings. The maximum atomic E-state index is 13.6. The molecule has 1 aliphatic heterocycles. The van der Waals surface area contributed by atoms with Gasteiger partial charge in [-0.25, -0.2) is 0 Å².